The Morgan fingerprint density at radius 1 is 1.35 bits per heavy atom. The predicted molar refractivity (Wildman–Crippen MR) is 96.3 cm³/mol. The molecule has 2 atom stereocenters. The second kappa shape index (κ2) is 9.46. The minimum absolute atomic E-state index is 0.121. The van der Waals surface area contributed by atoms with Gasteiger partial charge in [0.25, 0.3) is 0 Å². The molecule has 2 unspecified atom stereocenters. The number of hydrogen-bond donors (Lipinski definition) is 1. The quantitative estimate of drug-likeness (QED) is 0.342. The SMILES string of the molecule is COP(=O)([O-])NCCSC1CC(=O)N(CC2CCC(C(C)=O)CC2)C1=O. The van der Waals surface area contributed by atoms with E-state index >= 15 is 0 Å². The minimum Gasteiger partial charge on any atom is -0.766 e. The zero-order valence-corrected chi connectivity index (χ0v) is 16.9. The number of carbonyl (C=O) groups excluding carboxylic acids is 3. The summed E-state index contributed by atoms with van der Waals surface area (Å²) in [5.41, 5.74) is 0. The van der Waals surface area contributed by atoms with Crippen molar-refractivity contribution in [3.05, 3.63) is 0 Å². The molecule has 1 saturated carbocycles. The highest BCUT2D eigenvalue weighted by Gasteiger charge is 2.40. The summed E-state index contributed by atoms with van der Waals surface area (Å²) >= 11 is 1.28. The third-order valence-electron chi connectivity index (χ3n) is 5.03. The molecular formula is C16H26N2O6PS-. The second-order valence-electron chi connectivity index (χ2n) is 6.82. The number of Topliss-reactive ketones (excluding diaryl/α,β-unsaturated/α-hetero) is 1. The Morgan fingerprint density at radius 3 is 2.58 bits per heavy atom. The van der Waals surface area contributed by atoms with Gasteiger partial charge in [0.05, 0.1) is 5.25 Å². The third kappa shape index (κ3) is 5.89. The van der Waals surface area contributed by atoms with Crippen molar-refractivity contribution in [2.75, 3.05) is 26.0 Å². The van der Waals surface area contributed by atoms with Gasteiger partial charge >= 0.3 is 0 Å². The number of imide groups is 1. The smallest absolute Gasteiger partial charge is 0.242 e. The number of likely N-dealkylation sites (tertiary alicyclic amines) is 1. The second-order valence-corrected chi connectivity index (χ2v) is 9.81. The van der Waals surface area contributed by atoms with Crippen LogP contribution in [0.25, 0.3) is 0 Å². The van der Waals surface area contributed by atoms with Gasteiger partial charge in [-0.25, -0.2) is 0 Å². The lowest BCUT2D eigenvalue weighted by Crippen LogP contribution is -2.37. The van der Waals surface area contributed by atoms with Gasteiger partial charge in [-0.3, -0.25) is 28.9 Å². The number of amides is 2. The van der Waals surface area contributed by atoms with Crippen molar-refractivity contribution in [2.24, 2.45) is 11.8 Å². The molecule has 0 spiro atoms. The first kappa shape index (κ1) is 21.6. The maximum absolute atomic E-state index is 12.5. The van der Waals surface area contributed by atoms with E-state index in [0.717, 1.165) is 32.8 Å². The van der Waals surface area contributed by atoms with Crippen molar-refractivity contribution in [3.8, 4) is 0 Å². The monoisotopic (exact) mass is 405 g/mol. The van der Waals surface area contributed by atoms with Crippen LogP contribution >= 0.6 is 19.5 Å². The number of ketones is 1. The Labute approximate surface area is 158 Å². The lowest BCUT2D eigenvalue weighted by molar-refractivity contribution is -0.199. The predicted octanol–water partition coefficient (Wildman–Crippen LogP) is 0.947. The van der Waals surface area contributed by atoms with Crippen LogP contribution in [0.5, 0.6) is 0 Å². The molecule has 10 heteroatoms. The van der Waals surface area contributed by atoms with Crippen LogP contribution in [0.2, 0.25) is 0 Å². The van der Waals surface area contributed by atoms with Crippen LogP contribution in [0.3, 0.4) is 0 Å². The van der Waals surface area contributed by atoms with Crippen LogP contribution in [0.1, 0.15) is 39.0 Å². The number of thioether (sulfide) groups is 1. The van der Waals surface area contributed by atoms with Gasteiger partial charge in [0, 0.05) is 38.3 Å². The van der Waals surface area contributed by atoms with Crippen LogP contribution in [0.15, 0.2) is 0 Å². The van der Waals surface area contributed by atoms with Gasteiger partial charge in [0.15, 0.2) is 0 Å². The molecule has 2 aliphatic rings. The van der Waals surface area contributed by atoms with Crippen molar-refractivity contribution < 1.29 is 28.4 Å². The van der Waals surface area contributed by atoms with Crippen molar-refractivity contribution in [3.63, 3.8) is 0 Å². The van der Waals surface area contributed by atoms with Gasteiger partial charge in [0.1, 0.15) is 5.78 Å². The topological polar surface area (TPSA) is 116 Å². The normalized spacial score (nSPS) is 29.0. The first-order chi connectivity index (χ1) is 12.2. The fourth-order valence-corrected chi connectivity index (χ4v) is 5.13. The van der Waals surface area contributed by atoms with E-state index in [1.165, 1.54) is 16.7 Å². The molecule has 0 bridgehead atoms. The van der Waals surface area contributed by atoms with Crippen molar-refractivity contribution in [1.82, 2.24) is 9.99 Å². The first-order valence-corrected chi connectivity index (χ1v) is 11.4. The average molecular weight is 405 g/mol. The van der Waals surface area contributed by atoms with Crippen molar-refractivity contribution in [2.45, 2.75) is 44.3 Å². The van der Waals surface area contributed by atoms with E-state index in [-0.39, 0.29) is 42.4 Å². The van der Waals surface area contributed by atoms with E-state index in [1.807, 2.05) is 0 Å². The standard InChI is InChI=1S/C16H27N2O6PS/c1-11(19)13-5-3-12(4-6-13)10-18-15(20)9-14(16(18)21)26-8-7-17-25(22,23)24-2/h12-14H,3-10H2,1-2H3,(H2,17,22,23)/p-1. The first-order valence-electron chi connectivity index (χ1n) is 8.81. The molecule has 1 aliphatic carbocycles. The average Bonchev–Trinajstić information content (AvgIpc) is 2.87. The molecule has 0 radical (unpaired) electrons. The Hall–Kier alpha value is -0.730. The Morgan fingerprint density at radius 2 is 2.00 bits per heavy atom. The summed E-state index contributed by atoms with van der Waals surface area (Å²) in [6.07, 6.45) is 3.53. The molecule has 2 rings (SSSR count). The largest absolute Gasteiger partial charge is 0.766 e. The highest BCUT2D eigenvalue weighted by molar-refractivity contribution is 8.00. The van der Waals surface area contributed by atoms with Gasteiger partial charge in [-0.15, -0.1) is 11.8 Å². The van der Waals surface area contributed by atoms with E-state index < -0.39 is 13.0 Å². The van der Waals surface area contributed by atoms with E-state index in [9.17, 15) is 23.8 Å². The number of hydrogen-bond acceptors (Lipinski definition) is 7. The van der Waals surface area contributed by atoms with Crippen LogP contribution in [0, 0.1) is 11.8 Å². The molecule has 1 N–H and O–H groups in total. The summed E-state index contributed by atoms with van der Waals surface area (Å²) in [7, 11) is -2.93. The van der Waals surface area contributed by atoms with Crippen molar-refractivity contribution >= 4 is 37.1 Å². The van der Waals surface area contributed by atoms with Gasteiger partial charge in [-0.05, 0) is 38.5 Å². The molecule has 1 aliphatic heterocycles. The highest BCUT2D eigenvalue weighted by Crippen LogP contribution is 2.33. The zero-order valence-electron chi connectivity index (χ0n) is 15.1. The highest BCUT2D eigenvalue weighted by atomic mass is 32.2. The van der Waals surface area contributed by atoms with E-state index in [4.69, 9.17) is 0 Å². The number of nitrogens with one attached hydrogen (secondary N) is 1. The van der Waals surface area contributed by atoms with Gasteiger partial charge in [-0.1, -0.05) is 0 Å². The Balaban J connectivity index is 1.76. The van der Waals surface area contributed by atoms with Crippen LogP contribution in [-0.2, 0) is 23.5 Å². The summed E-state index contributed by atoms with van der Waals surface area (Å²) in [5, 5.41) is 1.82. The number of nitrogens with zero attached hydrogens (tertiary/aromatic N) is 1. The summed E-state index contributed by atoms with van der Waals surface area (Å²) < 4.78 is 15.5. The van der Waals surface area contributed by atoms with Crippen LogP contribution in [0.4, 0.5) is 0 Å². The Kier molecular flexibility index (Phi) is 7.85. The molecule has 148 valence electrons. The molecular weight excluding hydrogens is 379 g/mol. The molecule has 8 nitrogen and oxygen atoms in total. The van der Waals surface area contributed by atoms with E-state index in [2.05, 4.69) is 9.61 Å². The molecule has 1 saturated heterocycles. The van der Waals surface area contributed by atoms with Crippen molar-refractivity contribution in [1.29, 1.82) is 0 Å². The van der Waals surface area contributed by atoms with Gasteiger partial charge in [-0.2, -0.15) is 0 Å². The summed E-state index contributed by atoms with van der Waals surface area (Å²) in [4.78, 5) is 48.6. The molecule has 0 aromatic heterocycles. The maximum atomic E-state index is 12.5. The maximum Gasteiger partial charge on any atom is 0.242 e. The summed E-state index contributed by atoms with van der Waals surface area (Å²) in [6.45, 7) is 2.19. The Bertz CT molecular complexity index is 593. The van der Waals surface area contributed by atoms with Gasteiger partial charge < -0.3 is 9.42 Å². The molecule has 0 aromatic carbocycles. The number of carbonyl (C=O) groups is 3. The lowest BCUT2D eigenvalue weighted by Gasteiger charge is -2.29. The number of rotatable bonds is 9. The molecule has 0 aromatic rings. The molecule has 2 fully saturated rings. The molecule has 1 heterocycles. The van der Waals surface area contributed by atoms with Gasteiger partial charge in [0.2, 0.25) is 19.6 Å². The third-order valence-corrected chi connectivity index (χ3v) is 7.33. The van der Waals surface area contributed by atoms with E-state index in [1.54, 1.807) is 6.92 Å². The lowest BCUT2D eigenvalue weighted by atomic mass is 9.80. The zero-order chi connectivity index (χ0) is 19.3. The van der Waals surface area contributed by atoms with Crippen LogP contribution < -0.4 is 9.98 Å². The minimum atomic E-state index is -4.01. The van der Waals surface area contributed by atoms with E-state index in [0.29, 0.717) is 12.3 Å². The molecule has 26 heavy (non-hydrogen) atoms. The fourth-order valence-electron chi connectivity index (χ4n) is 3.43. The molecule has 2 amide bonds. The summed E-state index contributed by atoms with van der Waals surface area (Å²) in [5.74, 6) is 0.633. The summed E-state index contributed by atoms with van der Waals surface area (Å²) in [6, 6.07) is 0. The van der Waals surface area contributed by atoms with Crippen LogP contribution in [-0.4, -0.2) is 53.7 Å². The fraction of sp³-hybridized carbons (Fsp3) is 0.812.